The van der Waals surface area contributed by atoms with Gasteiger partial charge in [0, 0.05) is 0 Å². The highest BCUT2D eigenvalue weighted by molar-refractivity contribution is 5.81. The van der Waals surface area contributed by atoms with Crippen molar-refractivity contribution in [1.29, 1.82) is 0 Å². The number of carboxylic acids is 1. The normalized spacial score (nSPS) is 26.2. The summed E-state index contributed by atoms with van der Waals surface area (Å²) in [6.45, 7) is 0. The number of amides is 1. The van der Waals surface area contributed by atoms with Gasteiger partial charge >= 0.3 is 12.1 Å². The van der Waals surface area contributed by atoms with Crippen LogP contribution in [-0.4, -0.2) is 42.3 Å². The Bertz CT molecular complexity index is 600. The number of benzene rings is 1. The molecule has 1 aliphatic carbocycles. The molecule has 1 aromatic rings. The zero-order valence-corrected chi connectivity index (χ0v) is 11.9. The molecule has 1 fully saturated rings. The third kappa shape index (κ3) is 2.02. The smallest absolute Gasteiger partial charge is 0.410 e. The molecule has 0 radical (unpaired) electrons. The Kier molecular flexibility index (Phi) is 3.23. The van der Waals surface area contributed by atoms with Gasteiger partial charge in [0.15, 0.2) is 0 Å². The van der Waals surface area contributed by atoms with E-state index in [0.717, 1.165) is 23.3 Å². The van der Waals surface area contributed by atoms with Gasteiger partial charge in [0.05, 0.1) is 20.3 Å². The van der Waals surface area contributed by atoms with Crippen molar-refractivity contribution in [2.45, 2.75) is 24.9 Å². The molecule has 1 N–H and O–H groups in total. The minimum atomic E-state index is -0.982. The first-order valence-electron chi connectivity index (χ1n) is 6.82. The second-order valence-corrected chi connectivity index (χ2v) is 5.44. The van der Waals surface area contributed by atoms with Crippen LogP contribution in [0.25, 0.3) is 0 Å². The van der Waals surface area contributed by atoms with Gasteiger partial charge in [-0.05, 0) is 42.0 Å². The molecule has 1 aromatic carbocycles. The number of hydrogen-bond donors (Lipinski definition) is 1. The Balaban J connectivity index is 2.00. The molecule has 21 heavy (non-hydrogen) atoms. The van der Waals surface area contributed by atoms with Crippen molar-refractivity contribution in [3.63, 3.8) is 0 Å². The molecule has 1 saturated heterocycles. The fourth-order valence-corrected chi connectivity index (χ4v) is 3.57. The summed E-state index contributed by atoms with van der Waals surface area (Å²) in [7, 11) is 2.89. The van der Waals surface area contributed by atoms with E-state index in [4.69, 9.17) is 9.47 Å². The van der Waals surface area contributed by atoms with E-state index >= 15 is 0 Å². The molecule has 1 aliphatic heterocycles. The Morgan fingerprint density at radius 2 is 2.10 bits per heavy atom. The fourth-order valence-electron chi connectivity index (χ4n) is 3.57. The summed E-state index contributed by atoms with van der Waals surface area (Å²) in [5, 5.41) is 9.34. The molecule has 2 aliphatic rings. The van der Waals surface area contributed by atoms with Gasteiger partial charge in [-0.15, -0.1) is 0 Å². The molecule has 6 nitrogen and oxygen atoms in total. The number of likely N-dealkylation sites (tertiary alicyclic amines) is 1. The highest BCUT2D eigenvalue weighted by Crippen LogP contribution is 2.49. The number of aliphatic carboxylic acids is 1. The third-order valence-electron chi connectivity index (χ3n) is 4.43. The Labute approximate surface area is 122 Å². The number of carboxylic acid groups (broad SMARTS) is 1. The van der Waals surface area contributed by atoms with E-state index in [-0.39, 0.29) is 12.0 Å². The number of ether oxygens (including phenoxy) is 2. The first kappa shape index (κ1) is 13.7. The Morgan fingerprint density at radius 3 is 2.71 bits per heavy atom. The summed E-state index contributed by atoms with van der Waals surface area (Å²) in [5.74, 6) is -0.0923. The predicted molar refractivity (Wildman–Crippen MR) is 73.2 cm³/mol. The molecule has 6 heteroatoms. The molecular formula is C15H17NO5. The lowest BCUT2D eigenvalue weighted by molar-refractivity contribution is -0.142. The van der Waals surface area contributed by atoms with Crippen LogP contribution in [0.1, 0.15) is 23.6 Å². The number of nitrogens with zero attached hydrogens (tertiary/aromatic N) is 1. The van der Waals surface area contributed by atoms with Crippen LogP contribution in [0.5, 0.6) is 5.75 Å². The summed E-state index contributed by atoms with van der Waals surface area (Å²) >= 11 is 0. The molecule has 0 bridgehead atoms. The summed E-state index contributed by atoms with van der Waals surface area (Å²) in [6.07, 6.45) is 0.624. The van der Waals surface area contributed by atoms with Gasteiger partial charge in [0.2, 0.25) is 0 Å². The van der Waals surface area contributed by atoms with E-state index in [1.54, 1.807) is 7.11 Å². The van der Waals surface area contributed by atoms with Gasteiger partial charge in [-0.25, -0.2) is 9.59 Å². The zero-order valence-electron chi connectivity index (χ0n) is 11.9. The van der Waals surface area contributed by atoms with Crippen LogP contribution < -0.4 is 4.74 Å². The monoisotopic (exact) mass is 291 g/mol. The maximum absolute atomic E-state index is 12.0. The maximum Gasteiger partial charge on any atom is 0.410 e. The average molecular weight is 291 g/mol. The first-order chi connectivity index (χ1) is 10.1. The van der Waals surface area contributed by atoms with Crippen LogP contribution in [0.15, 0.2) is 18.2 Å². The molecule has 1 heterocycles. The van der Waals surface area contributed by atoms with Crippen molar-refractivity contribution in [3.8, 4) is 5.75 Å². The van der Waals surface area contributed by atoms with Gasteiger partial charge in [-0.3, -0.25) is 4.90 Å². The molecule has 3 atom stereocenters. The zero-order chi connectivity index (χ0) is 15.1. The molecule has 0 aromatic heterocycles. The van der Waals surface area contributed by atoms with E-state index < -0.39 is 18.1 Å². The van der Waals surface area contributed by atoms with E-state index in [1.807, 2.05) is 18.2 Å². The molecule has 1 amide bonds. The van der Waals surface area contributed by atoms with E-state index in [0.29, 0.717) is 6.42 Å². The number of methoxy groups -OCH3 is 2. The van der Waals surface area contributed by atoms with Crippen LogP contribution >= 0.6 is 0 Å². The predicted octanol–water partition coefficient (Wildman–Crippen LogP) is 1.83. The minimum absolute atomic E-state index is 0.118. The second kappa shape index (κ2) is 4.95. The first-order valence-corrected chi connectivity index (χ1v) is 6.82. The highest BCUT2D eigenvalue weighted by Gasteiger charge is 2.51. The summed E-state index contributed by atoms with van der Waals surface area (Å²) in [4.78, 5) is 24.8. The van der Waals surface area contributed by atoms with Gasteiger partial charge in [0.25, 0.3) is 0 Å². The van der Waals surface area contributed by atoms with Gasteiger partial charge in [-0.2, -0.15) is 0 Å². The summed E-state index contributed by atoms with van der Waals surface area (Å²) in [6, 6.07) is 4.67. The van der Waals surface area contributed by atoms with Crippen LogP contribution in [0.2, 0.25) is 0 Å². The van der Waals surface area contributed by atoms with Crippen LogP contribution in [0.4, 0.5) is 4.79 Å². The molecule has 3 rings (SSSR count). The van der Waals surface area contributed by atoms with Crippen LogP contribution in [-0.2, 0) is 16.0 Å². The van der Waals surface area contributed by atoms with Crippen LogP contribution in [0.3, 0.4) is 0 Å². The fraction of sp³-hybridized carbons (Fsp3) is 0.467. The standard InChI is InChI=1S/C15H17NO5/c1-20-10-3-4-11-8(6-10)5-9-7-12(14(17)18)16(13(9)11)15(19)21-2/h3-4,6,9,12-13H,5,7H2,1-2H3,(H,17,18)/t9-,12+,13+/m1/s1. The lowest BCUT2D eigenvalue weighted by atomic mass is 10.0. The average Bonchev–Trinajstić information content (AvgIpc) is 3.01. The quantitative estimate of drug-likeness (QED) is 0.899. The van der Waals surface area contributed by atoms with E-state index in [9.17, 15) is 14.7 Å². The molecule has 112 valence electrons. The van der Waals surface area contributed by atoms with E-state index in [2.05, 4.69) is 0 Å². The van der Waals surface area contributed by atoms with Crippen molar-refractivity contribution in [2.75, 3.05) is 14.2 Å². The van der Waals surface area contributed by atoms with Gasteiger partial charge in [0.1, 0.15) is 11.8 Å². The minimum Gasteiger partial charge on any atom is -0.497 e. The lowest BCUT2D eigenvalue weighted by Gasteiger charge is -2.27. The maximum atomic E-state index is 12.0. The van der Waals surface area contributed by atoms with Crippen molar-refractivity contribution in [2.24, 2.45) is 5.92 Å². The highest BCUT2D eigenvalue weighted by atomic mass is 16.5. The second-order valence-electron chi connectivity index (χ2n) is 5.44. The molecule has 0 spiro atoms. The number of carbonyl (C=O) groups is 2. The Hall–Kier alpha value is -2.24. The topological polar surface area (TPSA) is 76.1 Å². The third-order valence-corrected chi connectivity index (χ3v) is 4.43. The van der Waals surface area contributed by atoms with Crippen molar-refractivity contribution < 1.29 is 24.2 Å². The molecule has 0 unspecified atom stereocenters. The lowest BCUT2D eigenvalue weighted by Crippen LogP contribution is -2.41. The van der Waals surface area contributed by atoms with Crippen molar-refractivity contribution in [3.05, 3.63) is 29.3 Å². The molecule has 0 saturated carbocycles. The molecular weight excluding hydrogens is 274 g/mol. The SMILES string of the molecule is COC(=O)N1[C@@H]2c3ccc(OC)cc3C[C@@H]2C[C@H]1C(=O)O. The largest absolute Gasteiger partial charge is 0.497 e. The van der Waals surface area contributed by atoms with Crippen LogP contribution in [0, 0.1) is 5.92 Å². The number of carbonyl (C=O) groups excluding carboxylic acids is 1. The number of hydrogen-bond acceptors (Lipinski definition) is 4. The summed E-state index contributed by atoms with van der Waals surface area (Å²) in [5.41, 5.74) is 2.11. The Morgan fingerprint density at radius 1 is 1.33 bits per heavy atom. The summed E-state index contributed by atoms with van der Waals surface area (Å²) < 4.78 is 10.00. The number of rotatable bonds is 2. The van der Waals surface area contributed by atoms with Crippen molar-refractivity contribution >= 4 is 12.1 Å². The van der Waals surface area contributed by atoms with Crippen molar-refractivity contribution in [1.82, 2.24) is 4.90 Å². The van der Waals surface area contributed by atoms with E-state index in [1.165, 1.54) is 12.0 Å². The van der Waals surface area contributed by atoms with Gasteiger partial charge < -0.3 is 14.6 Å². The van der Waals surface area contributed by atoms with Gasteiger partial charge in [-0.1, -0.05) is 6.07 Å². The number of fused-ring (bicyclic) bond motifs is 3.